The molecule has 3 rings (SSSR count). The van der Waals surface area contributed by atoms with Gasteiger partial charge in [0.05, 0.1) is 17.8 Å². The minimum absolute atomic E-state index is 0.0437. The largest absolute Gasteiger partial charge is 0.397 e. The number of likely N-dealkylation sites (N-methyl/N-ethyl adjacent to an activating group) is 1. The Balaban J connectivity index is 1.81. The smallest absolute Gasteiger partial charge is 0.228 e. The summed E-state index contributed by atoms with van der Waals surface area (Å²) in [7, 11) is 2.12. The number of carbonyl (C=O) groups is 1. The van der Waals surface area contributed by atoms with Crippen molar-refractivity contribution in [1.29, 1.82) is 0 Å². The number of nitrogen functional groups attached to an aromatic ring is 1. The van der Waals surface area contributed by atoms with E-state index < -0.39 is 0 Å². The number of rotatable bonds is 2. The Hall–Kier alpha value is -1.75. The van der Waals surface area contributed by atoms with Gasteiger partial charge < -0.3 is 21.3 Å². The Bertz CT molecular complexity index is 500. The average Bonchev–Trinajstić information content (AvgIpc) is 2.85. The molecule has 1 atom stereocenters. The van der Waals surface area contributed by atoms with Gasteiger partial charge in [-0.1, -0.05) is 0 Å². The van der Waals surface area contributed by atoms with Crippen LogP contribution in [-0.4, -0.2) is 37.0 Å². The molecule has 0 spiro atoms. The van der Waals surface area contributed by atoms with E-state index in [2.05, 4.69) is 22.6 Å². The van der Waals surface area contributed by atoms with Gasteiger partial charge in [0, 0.05) is 18.3 Å². The highest BCUT2D eigenvalue weighted by Crippen LogP contribution is 2.32. The third-order valence-electron chi connectivity index (χ3n) is 3.65. The number of anilines is 3. The Morgan fingerprint density at radius 3 is 3.06 bits per heavy atom. The molecule has 5 heteroatoms. The quantitative estimate of drug-likeness (QED) is 0.677. The molecule has 1 amide bonds. The lowest BCUT2D eigenvalue weighted by Crippen LogP contribution is -2.24. The van der Waals surface area contributed by atoms with Gasteiger partial charge >= 0.3 is 0 Å². The summed E-state index contributed by atoms with van der Waals surface area (Å²) < 4.78 is 0. The first-order chi connectivity index (χ1) is 8.61. The summed E-state index contributed by atoms with van der Waals surface area (Å²) in [5.41, 5.74) is 9.57. The van der Waals surface area contributed by atoms with Gasteiger partial charge in [0.2, 0.25) is 5.91 Å². The van der Waals surface area contributed by atoms with E-state index in [9.17, 15) is 4.79 Å². The van der Waals surface area contributed by atoms with Crippen molar-refractivity contribution in [3.05, 3.63) is 17.7 Å². The van der Waals surface area contributed by atoms with Gasteiger partial charge in [0.1, 0.15) is 0 Å². The lowest BCUT2D eigenvalue weighted by molar-refractivity contribution is -0.115. The van der Waals surface area contributed by atoms with E-state index in [1.807, 2.05) is 12.1 Å². The molecule has 0 radical (unpaired) electrons. The van der Waals surface area contributed by atoms with Crippen LogP contribution in [0.3, 0.4) is 0 Å². The highest BCUT2D eigenvalue weighted by Gasteiger charge is 2.22. The normalized spacial score (nSPS) is 22.9. The summed E-state index contributed by atoms with van der Waals surface area (Å²) >= 11 is 0. The number of hydrogen-bond acceptors (Lipinski definition) is 4. The summed E-state index contributed by atoms with van der Waals surface area (Å²) in [5, 5.41) is 6.32. The van der Waals surface area contributed by atoms with Crippen molar-refractivity contribution in [3.8, 4) is 0 Å². The Morgan fingerprint density at radius 2 is 2.33 bits per heavy atom. The van der Waals surface area contributed by atoms with Crippen LogP contribution in [-0.2, 0) is 11.2 Å². The summed E-state index contributed by atoms with van der Waals surface area (Å²) in [6, 6.07) is 4.29. The number of fused-ring (bicyclic) bond motifs is 1. The lowest BCUT2D eigenvalue weighted by atomic mass is 10.1. The zero-order chi connectivity index (χ0) is 12.7. The molecule has 1 unspecified atom stereocenters. The van der Waals surface area contributed by atoms with E-state index in [4.69, 9.17) is 5.73 Å². The number of nitrogens with two attached hydrogens (primary N) is 1. The predicted molar refractivity (Wildman–Crippen MR) is 72.7 cm³/mol. The topological polar surface area (TPSA) is 70.4 Å². The van der Waals surface area contributed by atoms with Crippen LogP contribution >= 0.6 is 0 Å². The summed E-state index contributed by atoms with van der Waals surface area (Å²) in [5.74, 6) is 0.0437. The van der Waals surface area contributed by atoms with Crippen LogP contribution in [0.25, 0.3) is 0 Å². The predicted octanol–water partition coefficient (Wildman–Crippen LogP) is 0.879. The monoisotopic (exact) mass is 246 g/mol. The number of amides is 1. The highest BCUT2D eigenvalue weighted by molar-refractivity contribution is 6.00. The number of carbonyl (C=O) groups excluding carboxylic acids is 1. The third-order valence-corrected chi connectivity index (χ3v) is 3.65. The molecule has 0 bridgehead atoms. The highest BCUT2D eigenvalue weighted by atomic mass is 16.1. The van der Waals surface area contributed by atoms with Crippen molar-refractivity contribution < 1.29 is 4.79 Å². The maximum atomic E-state index is 11.3. The number of nitrogens with one attached hydrogen (secondary N) is 2. The molecule has 0 saturated carbocycles. The molecule has 2 aliphatic heterocycles. The molecule has 1 fully saturated rings. The molecule has 4 N–H and O–H groups in total. The summed E-state index contributed by atoms with van der Waals surface area (Å²) in [6.45, 7) is 2.14. The summed E-state index contributed by atoms with van der Waals surface area (Å²) in [4.78, 5) is 13.6. The van der Waals surface area contributed by atoms with Crippen molar-refractivity contribution in [2.45, 2.75) is 18.9 Å². The zero-order valence-corrected chi connectivity index (χ0v) is 10.5. The van der Waals surface area contributed by atoms with E-state index >= 15 is 0 Å². The first-order valence-corrected chi connectivity index (χ1v) is 6.29. The number of likely N-dealkylation sites (tertiary alicyclic amines) is 1. The molecular weight excluding hydrogens is 228 g/mol. The van der Waals surface area contributed by atoms with Gasteiger partial charge in [-0.2, -0.15) is 0 Å². The van der Waals surface area contributed by atoms with Crippen molar-refractivity contribution >= 4 is 23.0 Å². The Morgan fingerprint density at radius 1 is 1.50 bits per heavy atom. The second kappa shape index (κ2) is 4.17. The van der Waals surface area contributed by atoms with Crippen LogP contribution < -0.4 is 16.4 Å². The van der Waals surface area contributed by atoms with Crippen molar-refractivity contribution in [2.24, 2.45) is 0 Å². The molecule has 96 valence electrons. The zero-order valence-electron chi connectivity index (χ0n) is 10.5. The SMILES string of the molecule is CN1CCC(Nc2cc3c(cc2N)CC(=O)N3)C1. The fraction of sp³-hybridized carbons (Fsp3) is 0.462. The van der Waals surface area contributed by atoms with Gasteiger partial charge in [0.25, 0.3) is 0 Å². The Kier molecular flexibility index (Phi) is 2.63. The molecule has 2 heterocycles. The molecule has 18 heavy (non-hydrogen) atoms. The van der Waals surface area contributed by atoms with Crippen molar-refractivity contribution in [3.63, 3.8) is 0 Å². The minimum Gasteiger partial charge on any atom is -0.397 e. The van der Waals surface area contributed by atoms with E-state index in [-0.39, 0.29) is 5.91 Å². The van der Waals surface area contributed by atoms with Gasteiger partial charge in [-0.15, -0.1) is 0 Å². The number of benzene rings is 1. The molecule has 1 saturated heterocycles. The van der Waals surface area contributed by atoms with E-state index in [1.54, 1.807) is 0 Å². The fourth-order valence-corrected chi connectivity index (χ4v) is 2.69. The molecule has 0 aliphatic carbocycles. The maximum Gasteiger partial charge on any atom is 0.228 e. The van der Waals surface area contributed by atoms with Crippen LogP contribution in [0.4, 0.5) is 17.1 Å². The van der Waals surface area contributed by atoms with Crippen LogP contribution in [0.5, 0.6) is 0 Å². The average molecular weight is 246 g/mol. The van der Waals surface area contributed by atoms with Crippen LogP contribution in [0, 0.1) is 0 Å². The lowest BCUT2D eigenvalue weighted by Gasteiger charge is -2.17. The third kappa shape index (κ3) is 2.01. The van der Waals surface area contributed by atoms with E-state index in [0.29, 0.717) is 12.5 Å². The number of nitrogens with zero attached hydrogens (tertiary/aromatic N) is 1. The van der Waals surface area contributed by atoms with Crippen LogP contribution in [0.1, 0.15) is 12.0 Å². The molecule has 0 aromatic heterocycles. The van der Waals surface area contributed by atoms with Crippen molar-refractivity contribution in [2.75, 3.05) is 36.5 Å². The van der Waals surface area contributed by atoms with E-state index in [0.717, 1.165) is 42.1 Å². The standard InChI is InChI=1S/C13H18N4O/c1-17-3-2-9(7-17)15-12-6-11-8(4-10(12)14)5-13(18)16-11/h4,6,9,15H,2-3,5,7,14H2,1H3,(H,16,18). The molecule has 2 aliphatic rings. The van der Waals surface area contributed by atoms with E-state index in [1.165, 1.54) is 0 Å². The molecule has 1 aromatic rings. The van der Waals surface area contributed by atoms with Crippen molar-refractivity contribution in [1.82, 2.24) is 4.90 Å². The summed E-state index contributed by atoms with van der Waals surface area (Å²) in [6.07, 6.45) is 1.56. The molecule has 1 aromatic carbocycles. The van der Waals surface area contributed by atoms with Gasteiger partial charge in [-0.25, -0.2) is 0 Å². The first-order valence-electron chi connectivity index (χ1n) is 6.29. The maximum absolute atomic E-state index is 11.3. The number of hydrogen-bond donors (Lipinski definition) is 3. The van der Waals surface area contributed by atoms with Crippen LogP contribution in [0.2, 0.25) is 0 Å². The molecular formula is C13H18N4O. The van der Waals surface area contributed by atoms with Crippen LogP contribution in [0.15, 0.2) is 12.1 Å². The minimum atomic E-state index is 0.0437. The first kappa shape index (κ1) is 11.3. The second-order valence-corrected chi connectivity index (χ2v) is 5.21. The second-order valence-electron chi connectivity index (χ2n) is 5.21. The van der Waals surface area contributed by atoms with Gasteiger partial charge in [-0.3, -0.25) is 4.79 Å². The Labute approximate surface area is 106 Å². The van der Waals surface area contributed by atoms with Gasteiger partial charge in [-0.05, 0) is 37.7 Å². The fourth-order valence-electron chi connectivity index (χ4n) is 2.69. The molecule has 5 nitrogen and oxygen atoms in total. The van der Waals surface area contributed by atoms with Gasteiger partial charge in [0.15, 0.2) is 0 Å².